The topological polar surface area (TPSA) is 76.2 Å². The molecule has 1 aromatic heterocycles. The summed E-state index contributed by atoms with van der Waals surface area (Å²) in [6.45, 7) is 6.13. The van der Waals surface area contributed by atoms with Crippen molar-refractivity contribution in [2.75, 3.05) is 6.61 Å². The Balaban J connectivity index is 1.94. The molecular weight excluding hydrogens is 234 g/mol. The average molecular weight is 253 g/mol. The number of amides is 1. The van der Waals surface area contributed by atoms with Gasteiger partial charge in [-0.3, -0.25) is 5.10 Å². The predicted molar refractivity (Wildman–Crippen MR) is 65.1 cm³/mol. The molecule has 0 saturated carbocycles. The summed E-state index contributed by atoms with van der Waals surface area (Å²) >= 11 is 0. The maximum Gasteiger partial charge on any atom is 0.407 e. The van der Waals surface area contributed by atoms with Crippen LogP contribution in [0, 0.1) is 0 Å². The molecule has 6 heteroatoms. The number of hydrogen-bond donors (Lipinski definition) is 2. The van der Waals surface area contributed by atoms with Crippen LogP contribution in [0.4, 0.5) is 4.79 Å². The molecule has 1 amide bonds. The second-order valence-electron chi connectivity index (χ2n) is 5.34. The lowest BCUT2D eigenvalue weighted by atomic mass is 10.1. The Labute approximate surface area is 106 Å². The minimum absolute atomic E-state index is 0.0831. The molecule has 0 unspecified atom stereocenters. The number of nitrogens with zero attached hydrogens (tertiary/aromatic N) is 1. The standard InChI is InChI=1S/C12H19N3O3/c1-12(2,3)18-11(16)14-8-5-7-17-10(8)9-4-6-13-15-9/h4,6,8,10H,5,7H2,1-3H3,(H,13,15)(H,14,16)/t8-,10-/m1/s1. The molecule has 1 aliphatic rings. The van der Waals surface area contributed by atoms with E-state index in [1.54, 1.807) is 6.20 Å². The van der Waals surface area contributed by atoms with E-state index in [4.69, 9.17) is 9.47 Å². The van der Waals surface area contributed by atoms with Gasteiger partial charge in [0.1, 0.15) is 11.7 Å². The molecule has 0 spiro atoms. The third-order valence-electron chi connectivity index (χ3n) is 2.62. The number of aromatic amines is 1. The van der Waals surface area contributed by atoms with E-state index in [0.29, 0.717) is 6.61 Å². The first-order valence-electron chi connectivity index (χ1n) is 6.06. The van der Waals surface area contributed by atoms with Crippen LogP contribution in [0.5, 0.6) is 0 Å². The van der Waals surface area contributed by atoms with Gasteiger partial charge in [0.05, 0.1) is 11.7 Å². The number of nitrogens with one attached hydrogen (secondary N) is 2. The van der Waals surface area contributed by atoms with E-state index in [1.807, 2.05) is 26.8 Å². The lowest BCUT2D eigenvalue weighted by Gasteiger charge is -2.23. The van der Waals surface area contributed by atoms with Crippen LogP contribution in [-0.4, -0.2) is 34.5 Å². The van der Waals surface area contributed by atoms with Crippen molar-refractivity contribution in [2.45, 2.75) is 44.9 Å². The Morgan fingerprint density at radius 1 is 1.61 bits per heavy atom. The second kappa shape index (κ2) is 4.97. The van der Waals surface area contributed by atoms with Gasteiger partial charge < -0.3 is 14.8 Å². The molecular formula is C12H19N3O3. The number of H-pyrrole nitrogens is 1. The molecule has 18 heavy (non-hydrogen) atoms. The minimum atomic E-state index is -0.493. The Hall–Kier alpha value is -1.56. The summed E-state index contributed by atoms with van der Waals surface area (Å²) in [4.78, 5) is 11.7. The highest BCUT2D eigenvalue weighted by atomic mass is 16.6. The molecule has 2 heterocycles. The van der Waals surface area contributed by atoms with Crippen LogP contribution in [-0.2, 0) is 9.47 Å². The van der Waals surface area contributed by atoms with Crippen LogP contribution in [0.25, 0.3) is 0 Å². The van der Waals surface area contributed by atoms with E-state index in [0.717, 1.165) is 12.1 Å². The molecule has 0 aromatic carbocycles. The van der Waals surface area contributed by atoms with Crippen LogP contribution in [0.3, 0.4) is 0 Å². The fourth-order valence-corrected chi connectivity index (χ4v) is 1.93. The number of rotatable bonds is 2. The van der Waals surface area contributed by atoms with Gasteiger partial charge in [-0.1, -0.05) is 0 Å². The van der Waals surface area contributed by atoms with Crippen molar-refractivity contribution in [3.63, 3.8) is 0 Å². The highest BCUT2D eigenvalue weighted by molar-refractivity contribution is 5.68. The molecule has 1 aromatic rings. The van der Waals surface area contributed by atoms with Crippen LogP contribution >= 0.6 is 0 Å². The molecule has 1 saturated heterocycles. The lowest BCUT2D eigenvalue weighted by molar-refractivity contribution is 0.0443. The Morgan fingerprint density at radius 3 is 3.00 bits per heavy atom. The fourth-order valence-electron chi connectivity index (χ4n) is 1.93. The van der Waals surface area contributed by atoms with E-state index in [9.17, 15) is 4.79 Å². The highest BCUT2D eigenvalue weighted by Gasteiger charge is 2.33. The van der Waals surface area contributed by atoms with Gasteiger partial charge in [0.25, 0.3) is 0 Å². The summed E-state index contributed by atoms with van der Waals surface area (Å²) in [5, 5.41) is 9.59. The van der Waals surface area contributed by atoms with Gasteiger partial charge in [-0.15, -0.1) is 0 Å². The molecule has 1 fully saturated rings. The lowest BCUT2D eigenvalue weighted by Crippen LogP contribution is -2.40. The van der Waals surface area contributed by atoms with Crippen molar-refractivity contribution in [1.82, 2.24) is 15.5 Å². The first-order valence-corrected chi connectivity index (χ1v) is 6.06. The maximum atomic E-state index is 11.7. The fraction of sp³-hybridized carbons (Fsp3) is 0.667. The van der Waals surface area contributed by atoms with E-state index >= 15 is 0 Å². The van der Waals surface area contributed by atoms with Crippen LogP contribution < -0.4 is 5.32 Å². The second-order valence-corrected chi connectivity index (χ2v) is 5.34. The molecule has 0 aliphatic carbocycles. The normalized spacial score (nSPS) is 23.9. The summed E-state index contributed by atoms with van der Waals surface area (Å²) in [5.74, 6) is 0. The van der Waals surface area contributed by atoms with E-state index in [2.05, 4.69) is 15.5 Å². The summed E-state index contributed by atoms with van der Waals surface area (Å²) in [5.41, 5.74) is 0.376. The number of aromatic nitrogens is 2. The third kappa shape index (κ3) is 3.22. The van der Waals surface area contributed by atoms with Crippen LogP contribution in [0.2, 0.25) is 0 Å². The highest BCUT2D eigenvalue weighted by Crippen LogP contribution is 2.27. The minimum Gasteiger partial charge on any atom is -0.444 e. The largest absolute Gasteiger partial charge is 0.444 e. The summed E-state index contributed by atoms with van der Waals surface area (Å²) < 4.78 is 10.8. The SMILES string of the molecule is CC(C)(C)OC(=O)N[C@@H]1CCO[C@H]1c1ccn[nH]1. The monoisotopic (exact) mass is 253 g/mol. The summed E-state index contributed by atoms with van der Waals surface area (Å²) in [6.07, 6.45) is 1.84. The molecule has 2 N–H and O–H groups in total. The van der Waals surface area contributed by atoms with Crippen molar-refractivity contribution in [1.29, 1.82) is 0 Å². The van der Waals surface area contributed by atoms with Gasteiger partial charge in [-0.05, 0) is 33.3 Å². The molecule has 1 aliphatic heterocycles. The van der Waals surface area contributed by atoms with Gasteiger partial charge in [0.15, 0.2) is 0 Å². The zero-order valence-corrected chi connectivity index (χ0v) is 10.9. The van der Waals surface area contributed by atoms with Crippen molar-refractivity contribution >= 4 is 6.09 Å². The average Bonchev–Trinajstić information content (AvgIpc) is 2.82. The van der Waals surface area contributed by atoms with Crippen molar-refractivity contribution < 1.29 is 14.3 Å². The number of hydrogen-bond acceptors (Lipinski definition) is 4. The first kappa shape index (κ1) is 12.9. The Morgan fingerprint density at radius 2 is 2.39 bits per heavy atom. The van der Waals surface area contributed by atoms with E-state index in [-0.39, 0.29) is 12.1 Å². The van der Waals surface area contributed by atoms with E-state index in [1.165, 1.54) is 0 Å². The molecule has 2 rings (SSSR count). The maximum absolute atomic E-state index is 11.7. The summed E-state index contributed by atoms with van der Waals surface area (Å²) in [7, 11) is 0. The molecule has 2 atom stereocenters. The van der Waals surface area contributed by atoms with Crippen LogP contribution in [0.15, 0.2) is 12.3 Å². The molecule has 0 radical (unpaired) electrons. The predicted octanol–water partition coefficient (Wildman–Crippen LogP) is 1.76. The first-order chi connectivity index (χ1) is 8.46. The number of carbonyl (C=O) groups excluding carboxylic acids is 1. The number of carbonyl (C=O) groups is 1. The van der Waals surface area contributed by atoms with Gasteiger partial charge in [-0.25, -0.2) is 4.79 Å². The Bertz CT molecular complexity index is 397. The van der Waals surface area contributed by atoms with Gasteiger partial charge in [0, 0.05) is 12.8 Å². The number of alkyl carbamates (subject to hydrolysis) is 1. The van der Waals surface area contributed by atoms with Gasteiger partial charge >= 0.3 is 6.09 Å². The van der Waals surface area contributed by atoms with Crippen molar-refractivity contribution in [3.8, 4) is 0 Å². The number of ether oxygens (including phenoxy) is 2. The molecule has 0 bridgehead atoms. The zero-order chi connectivity index (χ0) is 13.2. The van der Waals surface area contributed by atoms with E-state index < -0.39 is 11.7 Å². The smallest absolute Gasteiger partial charge is 0.407 e. The van der Waals surface area contributed by atoms with Gasteiger partial charge in [-0.2, -0.15) is 5.10 Å². The third-order valence-corrected chi connectivity index (χ3v) is 2.62. The molecule has 6 nitrogen and oxygen atoms in total. The summed E-state index contributed by atoms with van der Waals surface area (Å²) in [6, 6.07) is 1.76. The van der Waals surface area contributed by atoms with Crippen LogP contribution in [0.1, 0.15) is 39.0 Å². The van der Waals surface area contributed by atoms with Crippen molar-refractivity contribution in [2.24, 2.45) is 0 Å². The zero-order valence-electron chi connectivity index (χ0n) is 10.9. The quantitative estimate of drug-likeness (QED) is 0.842. The van der Waals surface area contributed by atoms with Gasteiger partial charge in [0.2, 0.25) is 0 Å². The molecule has 100 valence electrons. The Kier molecular flexibility index (Phi) is 3.56. The van der Waals surface area contributed by atoms with Crippen molar-refractivity contribution in [3.05, 3.63) is 18.0 Å².